The van der Waals surface area contributed by atoms with E-state index in [0.717, 1.165) is 4.57 Å². The zero-order chi connectivity index (χ0) is 18.6. The lowest BCUT2D eigenvalue weighted by molar-refractivity contribution is -0.137. The Morgan fingerprint density at radius 2 is 2.16 bits per heavy atom. The van der Waals surface area contributed by atoms with Crippen molar-refractivity contribution in [2.24, 2.45) is 18.1 Å². The van der Waals surface area contributed by atoms with E-state index in [1.165, 1.54) is 22.5 Å². The van der Waals surface area contributed by atoms with Crippen molar-refractivity contribution in [3.63, 3.8) is 0 Å². The van der Waals surface area contributed by atoms with Crippen LogP contribution in [0.5, 0.6) is 0 Å². The van der Waals surface area contributed by atoms with Crippen LogP contribution in [0.25, 0.3) is 21.6 Å². The van der Waals surface area contributed by atoms with Crippen LogP contribution < -0.4 is 11.2 Å². The normalized spacial score (nSPS) is 12.1. The number of aryl methyl sites for hydroxylation is 1. The van der Waals surface area contributed by atoms with Crippen molar-refractivity contribution in [2.75, 3.05) is 6.54 Å². The van der Waals surface area contributed by atoms with E-state index < -0.39 is 23.8 Å². The summed E-state index contributed by atoms with van der Waals surface area (Å²) in [6.07, 6.45) is 2.44. The van der Waals surface area contributed by atoms with Crippen LogP contribution in [0.2, 0.25) is 0 Å². The van der Waals surface area contributed by atoms with Crippen molar-refractivity contribution in [2.45, 2.75) is 32.9 Å². The summed E-state index contributed by atoms with van der Waals surface area (Å²) >= 11 is 0. The summed E-state index contributed by atoms with van der Waals surface area (Å²) in [7, 11) is 1.49. The average molecular weight is 349 g/mol. The minimum atomic E-state index is -1.11. The van der Waals surface area contributed by atoms with Crippen LogP contribution in [0.3, 0.4) is 0 Å². The molecule has 1 N–H and O–H groups in total. The number of hydrogen-bond acceptors (Lipinski definition) is 5. The number of nitrogens with zero attached hydrogens (tertiary/aromatic N) is 7. The van der Waals surface area contributed by atoms with Crippen molar-refractivity contribution < 1.29 is 9.90 Å². The third-order valence-electron chi connectivity index (χ3n) is 4.04. The second-order valence-electron chi connectivity index (χ2n) is 5.87. The van der Waals surface area contributed by atoms with E-state index in [0.29, 0.717) is 19.4 Å². The molecule has 0 fully saturated rings. The number of carboxylic acid groups (broad SMARTS) is 1. The standard InChI is InChI=1S/C14H19N7O4/c1-9(3-5-17-18-15)4-6-21-13(24)11-12(19(2)14(21)25)16-8-20(11)7-10(22)23/h8-9H,3-7H2,1-2H3,(H,22,23). The molecule has 0 aliphatic rings. The van der Waals surface area contributed by atoms with E-state index in [2.05, 4.69) is 15.0 Å². The minimum Gasteiger partial charge on any atom is -0.480 e. The van der Waals surface area contributed by atoms with Gasteiger partial charge in [0.15, 0.2) is 11.2 Å². The van der Waals surface area contributed by atoms with Crippen LogP contribution in [0.4, 0.5) is 0 Å². The molecule has 11 nitrogen and oxygen atoms in total. The number of azide groups is 1. The Hall–Kier alpha value is -3.07. The smallest absolute Gasteiger partial charge is 0.332 e. The van der Waals surface area contributed by atoms with E-state index in [-0.39, 0.29) is 23.6 Å². The molecule has 2 aromatic heterocycles. The lowest BCUT2D eigenvalue weighted by Crippen LogP contribution is -2.40. The first kappa shape index (κ1) is 18.3. The predicted molar refractivity (Wildman–Crippen MR) is 89.3 cm³/mol. The number of fused-ring (bicyclic) bond motifs is 1. The largest absolute Gasteiger partial charge is 0.480 e. The van der Waals surface area contributed by atoms with Gasteiger partial charge in [-0.05, 0) is 24.3 Å². The molecule has 1 atom stereocenters. The Morgan fingerprint density at radius 3 is 2.80 bits per heavy atom. The zero-order valence-corrected chi connectivity index (χ0v) is 14.0. The molecule has 2 rings (SSSR count). The molecule has 1 unspecified atom stereocenters. The van der Waals surface area contributed by atoms with E-state index in [1.807, 2.05) is 6.92 Å². The van der Waals surface area contributed by atoms with Crippen molar-refractivity contribution in [1.29, 1.82) is 0 Å². The quantitative estimate of drug-likeness (QED) is 0.423. The summed E-state index contributed by atoms with van der Waals surface area (Å²) in [5.41, 5.74) is 7.47. The fraction of sp³-hybridized carbons (Fsp3) is 0.571. The molecule has 0 saturated heterocycles. The lowest BCUT2D eigenvalue weighted by atomic mass is 10.0. The van der Waals surface area contributed by atoms with Crippen molar-refractivity contribution in [3.8, 4) is 0 Å². The first-order chi connectivity index (χ1) is 11.9. The topological polar surface area (TPSA) is 148 Å². The van der Waals surface area contributed by atoms with Crippen LogP contribution in [-0.4, -0.2) is 36.3 Å². The van der Waals surface area contributed by atoms with Gasteiger partial charge in [-0.1, -0.05) is 12.0 Å². The van der Waals surface area contributed by atoms with Gasteiger partial charge in [0.2, 0.25) is 0 Å². The Labute approximate surface area is 141 Å². The number of aromatic nitrogens is 4. The number of imidazole rings is 1. The maximum atomic E-state index is 12.7. The number of carboxylic acids is 1. The van der Waals surface area contributed by atoms with Gasteiger partial charge in [0.1, 0.15) is 6.54 Å². The average Bonchev–Trinajstić information content (AvgIpc) is 2.96. The van der Waals surface area contributed by atoms with E-state index in [1.54, 1.807) is 0 Å². The fourth-order valence-corrected chi connectivity index (χ4v) is 2.60. The monoisotopic (exact) mass is 349 g/mol. The van der Waals surface area contributed by atoms with Crippen LogP contribution in [0.15, 0.2) is 21.0 Å². The third kappa shape index (κ3) is 3.89. The summed E-state index contributed by atoms with van der Waals surface area (Å²) in [6, 6.07) is 0. The van der Waals surface area contributed by atoms with Gasteiger partial charge < -0.3 is 9.67 Å². The lowest BCUT2D eigenvalue weighted by Gasteiger charge is -2.12. The highest BCUT2D eigenvalue weighted by molar-refractivity contribution is 5.74. The van der Waals surface area contributed by atoms with Gasteiger partial charge in [0.25, 0.3) is 5.56 Å². The van der Waals surface area contributed by atoms with Gasteiger partial charge in [0.05, 0.1) is 6.33 Å². The molecule has 0 amide bonds. The fourth-order valence-electron chi connectivity index (χ4n) is 2.60. The Balaban J connectivity index is 2.36. The first-order valence-corrected chi connectivity index (χ1v) is 7.74. The first-order valence-electron chi connectivity index (χ1n) is 7.74. The third-order valence-corrected chi connectivity index (χ3v) is 4.04. The minimum absolute atomic E-state index is 0.0891. The number of aliphatic carboxylic acids is 1. The van der Waals surface area contributed by atoms with Crippen LogP contribution >= 0.6 is 0 Å². The van der Waals surface area contributed by atoms with Gasteiger partial charge in [0, 0.05) is 25.0 Å². The highest BCUT2D eigenvalue weighted by Crippen LogP contribution is 2.10. The molecule has 11 heteroatoms. The summed E-state index contributed by atoms with van der Waals surface area (Å²) in [5.74, 6) is -0.951. The molecule has 2 heterocycles. The van der Waals surface area contributed by atoms with Gasteiger partial charge in [-0.15, -0.1) is 0 Å². The molecule has 2 aromatic rings. The zero-order valence-electron chi connectivity index (χ0n) is 14.0. The number of rotatable bonds is 8. The van der Waals surface area contributed by atoms with Crippen molar-refractivity contribution in [3.05, 3.63) is 37.6 Å². The van der Waals surface area contributed by atoms with E-state index in [9.17, 15) is 14.4 Å². The van der Waals surface area contributed by atoms with E-state index >= 15 is 0 Å². The molecule has 0 aliphatic heterocycles. The molecule has 0 bridgehead atoms. The second kappa shape index (κ2) is 7.67. The summed E-state index contributed by atoms with van der Waals surface area (Å²) in [5, 5.41) is 12.4. The number of hydrogen-bond donors (Lipinski definition) is 1. The van der Waals surface area contributed by atoms with E-state index in [4.69, 9.17) is 10.6 Å². The van der Waals surface area contributed by atoms with Crippen LogP contribution in [0, 0.1) is 5.92 Å². The molecule has 0 spiro atoms. The maximum absolute atomic E-state index is 12.7. The highest BCUT2D eigenvalue weighted by atomic mass is 16.4. The Bertz CT molecular complexity index is 948. The maximum Gasteiger partial charge on any atom is 0.332 e. The van der Waals surface area contributed by atoms with Gasteiger partial charge in [-0.2, -0.15) is 0 Å². The highest BCUT2D eigenvalue weighted by Gasteiger charge is 2.17. The second-order valence-corrected chi connectivity index (χ2v) is 5.87. The SMILES string of the molecule is CC(CCN=[N+]=[N-])CCn1c(=O)c2c(ncn2CC(=O)O)n(C)c1=O. The van der Waals surface area contributed by atoms with Gasteiger partial charge in [-0.3, -0.25) is 18.7 Å². The van der Waals surface area contributed by atoms with Crippen molar-refractivity contribution in [1.82, 2.24) is 18.7 Å². The summed E-state index contributed by atoms with van der Waals surface area (Å²) in [4.78, 5) is 42.7. The molecular weight excluding hydrogens is 330 g/mol. The summed E-state index contributed by atoms with van der Waals surface area (Å²) < 4.78 is 3.55. The molecule has 0 radical (unpaired) electrons. The number of carbonyl (C=O) groups is 1. The molecule has 0 saturated carbocycles. The molecular formula is C14H19N7O4. The molecule has 0 aliphatic carbocycles. The van der Waals surface area contributed by atoms with Gasteiger partial charge >= 0.3 is 11.7 Å². The van der Waals surface area contributed by atoms with Gasteiger partial charge in [-0.25, -0.2) is 9.78 Å². The Kier molecular flexibility index (Phi) is 5.60. The van der Waals surface area contributed by atoms with Crippen LogP contribution in [-0.2, 0) is 24.9 Å². The Morgan fingerprint density at radius 1 is 1.44 bits per heavy atom. The predicted octanol–water partition coefficient (Wildman–Crippen LogP) is 0.708. The van der Waals surface area contributed by atoms with Crippen LogP contribution in [0.1, 0.15) is 19.8 Å². The molecule has 25 heavy (non-hydrogen) atoms. The van der Waals surface area contributed by atoms with Crippen molar-refractivity contribution >= 4 is 17.1 Å². The molecule has 134 valence electrons. The summed E-state index contributed by atoms with van der Waals surface area (Å²) in [6.45, 7) is 2.08. The molecule has 0 aromatic carbocycles.